The molecule has 0 radical (unpaired) electrons. The molecule has 2 N–H and O–H groups in total. The number of hydroxylamine groups is 2. The smallest absolute Gasteiger partial charge is 0.383 e. The fourth-order valence-electron chi connectivity index (χ4n) is 4.30. The molecule has 0 spiro atoms. The maximum absolute atomic E-state index is 14.9. The number of para-hydroxylation sites is 1. The second-order valence-corrected chi connectivity index (χ2v) is 9.81. The molecular weight excluding hydrogens is 595 g/mol. The van der Waals surface area contributed by atoms with Crippen LogP contribution in [0.3, 0.4) is 0 Å². The fourth-order valence-corrected chi connectivity index (χ4v) is 4.30. The molecule has 1 aliphatic rings. The first-order chi connectivity index (χ1) is 20.7. The third-order valence-electron chi connectivity index (χ3n) is 6.39. The molecule has 2 aromatic carbocycles. The van der Waals surface area contributed by atoms with E-state index in [9.17, 15) is 36.3 Å². The normalized spacial score (nSPS) is 13.0. The molecule has 3 amide bonds. The second-order valence-electron chi connectivity index (χ2n) is 9.81. The summed E-state index contributed by atoms with van der Waals surface area (Å²) in [7, 11) is 1.46. The molecule has 0 saturated carbocycles. The largest absolute Gasteiger partial charge is 0.493 e. The number of aromatic nitrogens is 2. The van der Waals surface area contributed by atoms with E-state index in [1.54, 1.807) is 6.92 Å². The summed E-state index contributed by atoms with van der Waals surface area (Å²) in [5.74, 6) is -5.89. The van der Waals surface area contributed by atoms with Gasteiger partial charge in [-0.05, 0) is 50.6 Å². The molecule has 16 heteroatoms. The SMILES string of the molecule is COCCNc1nc(-c2cc(C(=O)N(OC(=O)C(F)(F)F)C(C)C)ccc2C)c2c(n1)N(c1c(F)cccc1F)C(=O)NC2. The lowest BCUT2D eigenvalue weighted by Gasteiger charge is -2.31. The number of nitrogens with one attached hydrogen (secondary N) is 2. The predicted molar refractivity (Wildman–Crippen MR) is 147 cm³/mol. The topological polar surface area (TPSA) is 126 Å². The minimum absolute atomic E-state index is 0.0497. The molecule has 4 rings (SSSR count). The number of anilines is 3. The number of carbonyl (C=O) groups is 3. The summed E-state index contributed by atoms with van der Waals surface area (Å²) in [6.45, 7) is 4.64. The molecule has 11 nitrogen and oxygen atoms in total. The number of benzene rings is 2. The van der Waals surface area contributed by atoms with E-state index in [0.29, 0.717) is 10.6 Å². The fraction of sp³-hybridized carbons (Fsp3) is 0.321. The van der Waals surface area contributed by atoms with Crippen LogP contribution in [-0.4, -0.2) is 65.4 Å². The van der Waals surface area contributed by atoms with Crippen LogP contribution in [0.5, 0.6) is 0 Å². The molecule has 0 atom stereocenters. The minimum atomic E-state index is -5.34. The molecule has 1 aromatic heterocycles. The van der Waals surface area contributed by atoms with Gasteiger partial charge in [-0.2, -0.15) is 23.2 Å². The third-order valence-corrected chi connectivity index (χ3v) is 6.39. The first-order valence-electron chi connectivity index (χ1n) is 13.1. The Bertz CT molecular complexity index is 1580. The van der Waals surface area contributed by atoms with Crippen LogP contribution < -0.4 is 15.5 Å². The number of halogens is 5. The number of hydrogen-bond donors (Lipinski definition) is 2. The van der Waals surface area contributed by atoms with Crippen LogP contribution in [0.15, 0.2) is 36.4 Å². The average Bonchev–Trinajstić information content (AvgIpc) is 2.95. The summed E-state index contributed by atoms with van der Waals surface area (Å²) < 4.78 is 73.5. The van der Waals surface area contributed by atoms with Gasteiger partial charge in [0.1, 0.15) is 17.3 Å². The van der Waals surface area contributed by atoms with Gasteiger partial charge < -0.3 is 20.2 Å². The number of ether oxygens (including phenoxy) is 1. The summed E-state index contributed by atoms with van der Waals surface area (Å²) in [5, 5.41) is 5.76. The lowest BCUT2D eigenvalue weighted by molar-refractivity contribution is -0.232. The average molecular weight is 623 g/mol. The first-order valence-corrected chi connectivity index (χ1v) is 13.1. The Morgan fingerprint density at radius 3 is 2.43 bits per heavy atom. The summed E-state index contributed by atoms with van der Waals surface area (Å²) in [6.07, 6.45) is -5.34. The molecule has 234 valence electrons. The minimum Gasteiger partial charge on any atom is -0.383 e. The van der Waals surface area contributed by atoms with E-state index in [1.165, 1.54) is 39.2 Å². The first kappa shape index (κ1) is 32.1. The Balaban J connectivity index is 1.88. The molecule has 2 heterocycles. The van der Waals surface area contributed by atoms with Crippen molar-refractivity contribution in [2.45, 2.75) is 39.5 Å². The molecule has 0 aliphatic carbocycles. The van der Waals surface area contributed by atoms with Gasteiger partial charge in [-0.25, -0.2) is 28.3 Å². The molecule has 44 heavy (non-hydrogen) atoms. The summed E-state index contributed by atoms with van der Waals surface area (Å²) >= 11 is 0. The van der Waals surface area contributed by atoms with Gasteiger partial charge in [-0.3, -0.25) is 4.79 Å². The van der Waals surface area contributed by atoms with Gasteiger partial charge in [0.2, 0.25) is 5.95 Å². The number of rotatable bonds is 8. The zero-order valence-electron chi connectivity index (χ0n) is 23.9. The predicted octanol–water partition coefficient (Wildman–Crippen LogP) is 5.02. The van der Waals surface area contributed by atoms with E-state index in [4.69, 9.17) is 4.74 Å². The number of nitrogens with zero attached hydrogens (tertiary/aromatic N) is 4. The van der Waals surface area contributed by atoms with Crippen LogP contribution in [0, 0.1) is 18.6 Å². The van der Waals surface area contributed by atoms with Crippen LogP contribution in [0.2, 0.25) is 0 Å². The molecule has 3 aromatic rings. The number of methoxy groups -OCH3 is 1. The van der Waals surface area contributed by atoms with Gasteiger partial charge in [0, 0.05) is 30.3 Å². The van der Waals surface area contributed by atoms with Crippen molar-refractivity contribution < 1.29 is 45.9 Å². The zero-order valence-corrected chi connectivity index (χ0v) is 23.9. The van der Waals surface area contributed by atoms with Crippen molar-refractivity contribution in [2.24, 2.45) is 0 Å². The van der Waals surface area contributed by atoms with E-state index in [2.05, 4.69) is 25.4 Å². The number of aryl methyl sites for hydroxylation is 1. The Labute approximate surface area is 247 Å². The van der Waals surface area contributed by atoms with Crippen molar-refractivity contribution in [3.8, 4) is 11.3 Å². The maximum Gasteiger partial charge on any atom is 0.493 e. The Kier molecular flexibility index (Phi) is 9.32. The zero-order chi connectivity index (χ0) is 32.3. The monoisotopic (exact) mass is 622 g/mol. The molecule has 0 fully saturated rings. The van der Waals surface area contributed by atoms with E-state index >= 15 is 0 Å². The van der Waals surface area contributed by atoms with Crippen LogP contribution in [-0.2, 0) is 20.9 Å². The standard InChI is InChI=1S/C28H27F5N6O5/c1-14(2)39(44-25(41)28(31,32)33)24(40)16-9-8-15(3)17(12-16)21-18-13-35-27(42)38(22-19(29)6-5-7-20(22)30)23(18)37-26(36-21)34-10-11-43-4/h5-9,12,14H,10-11,13H2,1-4H3,(H,35,42)(H,34,36,37). The lowest BCUT2D eigenvalue weighted by atomic mass is 9.97. The van der Waals surface area contributed by atoms with Crippen LogP contribution >= 0.6 is 0 Å². The van der Waals surface area contributed by atoms with E-state index < -0.39 is 47.4 Å². The Morgan fingerprint density at radius 1 is 1.14 bits per heavy atom. The highest BCUT2D eigenvalue weighted by atomic mass is 19.4. The number of alkyl halides is 3. The summed E-state index contributed by atoms with van der Waals surface area (Å²) in [4.78, 5) is 51.8. The van der Waals surface area contributed by atoms with Crippen LogP contribution in [0.1, 0.15) is 35.3 Å². The van der Waals surface area contributed by atoms with Gasteiger partial charge in [0.05, 0.1) is 24.9 Å². The molecule has 1 aliphatic heterocycles. The van der Waals surface area contributed by atoms with E-state index in [-0.39, 0.29) is 53.8 Å². The summed E-state index contributed by atoms with van der Waals surface area (Å²) in [5.41, 5.74) is 0.341. The molecule has 0 saturated heterocycles. The van der Waals surface area contributed by atoms with Gasteiger partial charge in [-0.15, -0.1) is 0 Å². The highest BCUT2D eigenvalue weighted by molar-refractivity contribution is 6.02. The van der Waals surface area contributed by atoms with Crippen LogP contribution in [0.4, 0.5) is 44.2 Å². The van der Waals surface area contributed by atoms with Crippen molar-refractivity contribution >= 4 is 35.4 Å². The highest BCUT2D eigenvalue weighted by Crippen LogP contribution is 2.39. The lowest BCUT2D eigenvalue weighted by Crippen LogP contribution is -2.43. The summed E-state index contributed by atoms with van der Waals surface area (Å²) in [6, 6.07) is 5.39. The quantitative estimate of drug-likeness (QED) is 0.204. The number of fused-ring (bicyclic) bond motifs is 1. The number of urea groups is 1. The highest BCUT2D eigenvalue weighted by Gasteiger charge is 2.44. The van der Waals surface area contributed by atoms with Crippen molar-refractivity contribution in [3.63, 3.8) is 0 Å². The van der Waals surface area contributed by atoms with Crippen molar-refractivity contribution in [3.05, 3.63) is 64.7 Å². The van der Waals surface area contributed by atoms with Crippen molar-refractivity contribution in [1.82, 2.24) is 20.3 Å². The second kappa shape index (κ2) is 12.8. The van der Waals surface area contributed by atoms with Gasteiger partial charge in [-0.1, -0.05) is 12.1 Å². The number of amides is 3. The Morgan fingerprint density at radius 2 is 1.82 bits per heavy atom. The number of hydrogen-bond acceptors (Lipinski definition) is 8. The third kappa shape index (κ3) is 6.54. The van der Waals surface area contributed by atoms with Gasteiger partial charge in [0.25, 0.3) is 5.91 Å². The molecule has 0 bridgehead atoms. The van der Waals surface area contributed by atoms with E-state index in [1.807, 2.05) is 0 Å². The van der Waals surface area contributed by atoms with Gasteiger partial charge >= 0.3 is 18.2 Å². The number of carbonyl (C=O) groups excluding carboxylic acids is 3. The van der Waals surface area contributed by atoms with E-state index in [0.717, 1.165) is 23.1 Å². The van der Waals surface area contributed by atoms with Crippen molar-refractivity contribution in [1.29, 1.82) is 0 Å². The van der Waals surface area contributed by atoms with Gasteiger partial charge in [0.15, 0.2) is 5.82 Å². The molecule has 0 unspecified atom stereocenters. The molecular formula is C28H27F5N6O5. The maximum atomic E-state index is 14.9. The van der Waals surface area contributed by atoms with Crippen LogP contribution in [0.25, 0.3) is 11.3 Å². The Hall–Kier alpha value is -4.86. The van der Waals surface area contributed by atoms with Crippen molar-refractivity contribution in [2.75, 3.05) is 30.5 Å².